The third-order valence-corrected chi connectivity index (χ3v) is 8.32. The van der Waals surface area contributed by atoms with Gasteiger partial charge in [-0.15, -0.1) is 23.1 Å². The van der Waals surface area contributed by atoms with Gasteiger partial charge in [-0.2, -0.15) is 0 Å². The average molecular weight is 544 g/mol. The average Bonchev–Trinajstić information content (AvgIpc) is 3.29. The lowest BCUT2D eigenvalue weighted by molar-refractivity contribution is -0.160. The van der Waals surface area contributed by atoms with E-state index in [0.29, 0.717) is 15.6 Å². The number of aliphatic carboxylic acids is 1. The van der Waals surface area contributed by atoms with Crippen molar-refractivity contribution in [3.8, 4) is 0 Å². The highest BCUT2D eigenvalue weighted by Crippen LogP contribution is 2.50. The number of β-lactam (4-membered cyclic amide) rings is 1. The molecule has 34 heavy (non-hydrogen) atoms. The van der Waals surface area contributed by atoms with Crippen molar-refractivity contribution in [1.82, 2.24) is 15.2 Å². The molecule has 180 valence electrons. The molecule has 14 heteroatoms. The van der Waals surface area contributed by atoms with Crippen LogP contribution in [0, 0.1) is 0 Å². The molecule has 4 N–H and O–H groups in total. The summed E-state index contributed by atoms with van der Waals surface area (Å²) in [6.45, 7) is 3.39. The number of fused-ring (bicyclic) bond motifs is 1. The Bertz CT molecular complexity index is 1180. The zero-order valence-corrected chi connectivity index (χ0v) is 21.0. The number of nitrogen functional groups attached to an aromatic ring is 1. The summed E-state index contributed by atoms with van der Waals surface area (Å²) in [5, 5.41) is 18.1. The number of thioether (sulfide) groups is 1. The summed E-state index contributed by atoms with van der Waals surface area (Å²) in [4.78, 5) is 48.2. The van der Waals surface area contributed by atoms with Gasteiger partial charge < -0.3 is 25.9 Å². The highest BCUT2D eigenvalue weighted by Gasteiger charge is 2.64. The summed E-state index contributed by atoms with van der Waals surface area (Å²) in [6.07, 6.45) is 0. The molecule has 0 saturated carbocycles. The number of halogens is 2. The summed E-state index contributed by atoms with van der Waals surface area (Å²) in [5.41, 5.74) is 6.16. The highest BCUT2D eigenvalue weighted by molar-refractivity contribution is 8.01. The molecule has 4 rings (SSSR count). The fourth-order valence-electron chi connectivity index (χ4n) is 3.79. The van der Waals surface area contributed by atoms with Crippen LogP contribution in [0.25, 0.3) is 0 Å². The van der Waals surface area contributed by atoms with Crippen molar-refractivity contribution in [2.24, 2.45) is 5.16 Å². The van der Waals surface area contributed by atoms with Crippen LogP contribution in [0.5, 0.6) is 0 Å². The molecule has 0 aliphatic carbocycles. The molecule has 2 saturated heterocycles. The first-order valence-electron chi connectivity index (χ1n) is 9.89. The molecule has 0 bridgehead atoms. The number of rotatable bonds is 7. The van der Waals surface area contributed by atoms with Crippen molar-refractivity contribution in [3.05, 3.63) is 44.9 Å². The standard InChI is InChI=1S/C20H19Cl2N5O5S2/c1-20(2)14(18(30)31)27-16(29)13(17(27)34-20)25-15(28)12(11-7-33-19(23)24-11)26-32-6-8-9(21)4-3-5-10(8)22/h3-5,7,13-14,17H,6H2,1-2H3,(H2,23,24)(H,25,28)(H,30,31)/t13-,14-,17+/m0/s1. The molecular weight excluding hydrogens is 525 g/mol. The van der Waals surface area contributed by atoms with Crippen molar-refractivity contribution < 1.29 is 24.3 Å². The van der Waals surface area contributed by atoms with Gasteiger partial charge in [0.25, 0.3) is 5.91 Å². The van der Waals surface area contributed by atoms with Crippen LogP contribution in [-0.4, -0.2) is 60.7 Å². The van der Waals surface area contributed by atoms with E-state index in [1.54, 1.807) is 32.0 Å². The van der Waals surface area contributed by atoms with E-state index in [2.05, 4.69) is 15.5 Å². The van der Waals surface area contributed by atoms with Gasteiger partial charge in [0.1, 0.15) is 29.8 Å². The van der Waals surface area contributed by atoms with Gasteiger partial charge in [0.05, 0.1) is 0 Å². The van der Waals surface area contributed by atoms with E-state index in [0.717, 1.165) is 11.3 Å². The fraction of sp³-hybridized carbons (Fsp3) is 0.350. The quantitative estimate of drug-likeness (QED) is 0.274. The zero-order chi connectivity index (χ0) is 24.8. The monoisotopic (exact) mass is 543 g/mol. The van der Waals surface area contributed by atoms with Gasteiger partial charge in [0.15, 0.2) is 10.8 Å². The molecular formula is C20H19Cl2N5O5S2. The largest absolute Gasteiger partial charge is 0.480 e. The summed E-state index contributed by atoms with van der Waals surface area (Å²) < 4.78 is -0.719. The van der Waals surface area contributed by atoms with Crippen LogP contribution in [0.4, 0.5) is 5.13 Å². The minimum Gasteiger partial charge on any atom is -0.480 e. The van der Waals surface area contributed by atoms with Crippen LogP contribution in [0.2, 0.25) is 10.0 Å². The van der Waals surface area contributed by atoms with E-state index < -0.39 is 40.0 Å². The molecule has 2 amide bonds. The van der Waals surface area contributed by atoms with Crippen LogP contribution in [-0.2, 0) is 25.8 Å². The van der Waals surface area contributed by atoms with Gasteiger partial charge in [0, 0.05) is 25.7 Å². The van der Waals surface area contributed by atoms with Crippen LogP contribution >= 0.6 is 46.3 Å². The topological polar surface area (TPSA) is 147 Å². The Labute approximate surface area is 212 Å². The van der Waals surface area contributed by atoms with Gasteiger partial charge in [-0.1, -0.05) is 34.4 Å². The predicted octanol–water partition coefficient (Wildman–Crippen LogP) is 2.58. The maximum absolute atomic E-state index is 13.1. The summed E-state index contributed by atoms with van der Waals surface area (Å²) in [6, 6.07) is 3.07. The number of nitrogens with one attached hydrogen (secondary N) is 1. The van der Waals surface area contributed by atoms with E-state index in [9.17, 15) is 19.5 Å². The molecule has 1 aromatic heterocycles. The molecule has 2 aliphatic rings. The molecule has 0 spiro atoms. The van der Waals surface area contributed by atoms with Crippen LogP contribution in [0.1, 0.15) is 25.1 Å². The van der Waals surface area contributed by atoms with Crippen molar-refractivity contribution in [3.63, 3.8) is 0 Å². The highest BCUT2D eigenvalue weighted by atomic mass is 35.5. The number of oxime groups is 1. The third-order valence-electron chi connectivity index (χ3n) is 5.37. The molecule has 0 unspecified atom stereocenters. The van der Waals surface area contributed by atoms with E-state index in [4.69, 9.17) is 33.8 Å². The Balaban J connectivity index is 1.53. The predicted molar refractivity (Wildman–Crippen MR) is 130 cm³/mol. The van der Waals surface area contributed by atoms with E-state index in [-0.39, 0.29) is 23.1 Å². The van der Waals surface area contributed by atoms with Crippen LogP contribution in [0.15, 0.2) is 28.7 Å². The Morgan fingerprint density at radius 1 is 1.35 bits per heavy atom. The van der Waals surface area contributed by atoms with E-state index >= 15 is 0 Å². The molecule has 0 radical (unpaired) electrons. The second-order valence-corrected chi connectivity index (χ2v) is 11.5. The Morgan fingerprint density at radius 3 is 2.62 bits per heavy atom. The first kappa shape index (κ1) is 24.6. The van der Waals surface area contributed by atoms with Crippen molar-refractivity contribution in [1.29, 1.82) is 0 Å². The molecule has 2 fully saturated rings. The maximum Gasteiger partial charge on any atom is 0.327 e. The maximum atomic E-state index is 13.1. The summed E-state index contributed by atoms with van der Waals surface area (Å²) >= 11 is 14.7. The molecule has 3 heterocycles. The number of amides is 2. The number of carboxylic acids is 1. The number of nitrogens with zero attached hydrogens (tertiary/aromatic N) is 3. The van der Waals surface area contributed by atoms with E-state index in [1.807, 2.05) is 0 Å². The minimum atomic E-state index is -1.09. The first-order valence-corrected chi connectivity index (χ1v) is 12.4. The van der Waals surface area contributed by atoms with Crippen molar-refractivity contribution in [2.45, 2.75) is 42.7 Å². The lowest BCUT2D eigenvalue weighted by Gasteiger charge is -2.43. The molecule has 2 aliphatic heterocycles. The smallest absolute Gasteiger partial charge is 0.327 e. The van der Waals surface area contributed by atoms with Crippen LogP contribution < -0.4 is 11.1 Å². The van der Waals surface area contributed by atoms with Gasteiger partial charge in [-0.05, 0) is 26.0 Å². The molecule has 3 atom stereocenters. The molecule has 2 aromatic rings. The number of hydrogen-bond acceptors (Lipinski definition) is 9. The lowest BCUT2D eigenvalue weighted by Crippen LogP contribution is -2.71. The van der Waals surface area contributed by atoms with Gasteiger partial charge in [0.2, 0.25) is 5.91 Å². The van der Waals surface area contributed by atoms with Gasteiger partial charge in [-0.3, -0.25) is 9.59 Å². The number of nitrogens with two attached hydrogens (primary N) is 1. The minimum absolute atomic E-state index is 0.113. The summed E-state index contributed by atoms with van der Waals surface area (Å²) in [7, 11) is 0. The fourth-order valence-corrected chi connectivity index (χ4v) is 6.47. The number of aromatic nitrogens is 1. The van der Waals surface area contributed by atoms with Crippen molar-refractivity contribution in [2.75, 3.05) is 5.73 Å². The van der Waals surface area contributed by atoms with Crippen molar-refractivity contribution >= 4 is 74.9 Å². The normalized spacial score (nSPS) is 23.3. The first-order chi connectivity index (χ1) is 16.0. The number of hydrogen-bond donors (Lipinski definition) is 3. The van der Waals surface area contributed by atoms with Gasteiger partial charge in [-0.25, -0.2) is 9.78 Å². The van der Waals surface area contributed by atoms with Gasteiger partial charge >= 0.3 is 5.97 Å². The third kappa shape index (κ3) is 4.42. The second-order valence-electron chi connectivity index (χ2n) is 8.03. The molecule has 10 nitrogen and oxygen atoms in total. The lowest BCUT2D eigenvalue weighted by atomic mass is 9.96. The number of anilines is 1. The number of carboxylic acid groups (broad SMARTS) is 1. The SMILES string of the molecule is CC1(C)S[C@@H]2[C@@H](NC(=O)C(=NOCc3c(Cl)cccc3Cl)c3csc(N)n3)C(=O)N2[C@H]1C(=O)O. The van der Waals surface area contributed by atoms with E-state index in [1.165, 1.54) is 22.0 Å². The number of thiazole rings is 1. The number of benzene rings is 1. The number of carbonyl (C=O) groups is 3. The molecule has 1 aromatic carbocycles. The summed E-state index contributed by atoms with van der Waals surface area (Å²) in [5.74, 6) is -2.29. The second kappa shape index (κ2) is 9.25. The Hall–Kier alpha value is -2.54. The number of carbonyl (C=O) groups excluding carboxylic acids is 2. The zero-order valence-electron chi connectivity index (χ0n) is 17.8. The Morgan fingerprint density at radius 2 is 2.03 bits per heavy atom. The van der Waals surface area contributed by atoms with Crippen LogP contribution in [0.3, 0.4) is 0 Å². The Kier molecular flexibility index (Phi) is 6.69.